The van der Waals surface area contributed by atoms with E-state index in [-0.39, 0.29) is 18.1 Å². The molecule has 2 atom stereocenters. The smallest absolute Gasteiger partial charge is 0.323 e. The summed E-state index contributed by atoms with van der Waals surface area (Å²) in [6.45, 7) is 0.932. The number of nitrogens with one attached hydrogen (secondary N) is 1. The van der Waals surface area contributed by atoms with E-state index in [1.807, 2.05) is 6.07 Å². The summed E-state index contributed by atoms with van der Waals surface area (Å²) in [5, 5.41) is 3.20. The molecule has 3 rings (SSSR count). The van der Waals surface area contributed by atoms with Gasteiger partial charge in [-0.3, -0.25) is 4.79 Å². The van der Waals surface area contributed by atoms with Gasteiger partial charge in [-0.25, -0.2) is 0 Å². The number of aryl methyl sites for hydroxylation is 1. The average Bonchev–Trinajstić information content (AvgIpc) is 2.93. The van der Waals surface area contributed by atoms with Crippen LogP contribution in [-0.4, -0.2) is 18.6 Å². The van der Waals surface area contributed by atoms with Crippen LogP contribution >= 0.6 is 0 Å². The van der Waals surface area contributed by atoms with Gasteiger partial charge in [0, 0.05) is 0 Å². The van der Waals surface area contributed by atoms with E-state index in [1.165, 1.54) is 11.1 Å². The fourth-order valence-electron chi connectivity index (χ4n) is 2.94. The third kappa shape index (κ3) is 2.27. The third-order valence-electron chi connectivity index (χ3n) is 3.92. The van der Waals surface area contributed by atoms with Crippen LogP contribution in [-0.2, 0) is 16.0 Å². The largest absolute Gasteiger partial charge is 0.456 e. The van der Waals surface area contributed by atoms with Crippen molar-refractivity contribution in [3.05, 3.63) is 35.4 Å². The van der Waals surface area contributed by atoms with Gasteiger partial charge in [-0.05, 0) is 49.8 Å². The summed E-state index contributed by atoms with van der Waals surface area (Å²) in [6, 6.07) is 8.23. The zero-order valence-corrected chi connectivity index (χ0v) is 10.5. The van der Waals surface area contributed by atoms with Gasteiger partial charge in [0.2, 0.25) is 0 Å². The summed E-state index contributed by atoms with van der Waals surface area (Å²) >= 11 is 0. The van der Waals surface area contributed by atoms with E-state index in [0.717, 1.165) is 38.6 Å². The lowest BCUT2D eigenvalue weighted by atomic mass is 9.89. The monoisotopic (exact) mass is 245 g/mol. The fraction of sp³-hybridized carbons (Fsp3) is 0.533. The SMILES string of the molecule is O=C(OC1CCCc2ccccc21)[C@H]1CCCN1. The van der Waals surface area contributed by atoms with Crippen LogP contribution in [0.4, 0.5) is 0 Å². The zero-order valence-electron chi connectivity index (χ0n) is 10.5. The number of hydrogen-bond acceptors (Lipinski definition) is 3. The van der Waals surface area contributed by atoms with E-state index in [4.69, 9.17) is 4.74 Å². The van der Waals surface area contributed by atoms with Crippen LogP contribution < -0.4 is 5.32 Å². The molecule has 0 aromatic heterocycles. The van der Waals surface area contributed by atoms with Crippen LogP contribution in [0, 0.1) is 0 Å². The van der Waals surface area contributed by atoms with E-state index < -0.39 is 0 Å². The van der Waals surface area contributed by atoms with Crippen LogP contribution in [0.25, 0.3) is 0 Å². The molecule has 1 fully saturated rings. The lowest BCUT2D eigenvalue weighted by Gasteiger charge is -2.26. The van der Waals surface area contributed by atoms with Crippen molar-refractivity contribution < 1.29 is 9.53 Å². The maximum atomic E-state index is 12.0. The first kappa shape index (κ1) is 11.7. The number of carbonyl (C=O) groups is 1. The minimum Gasteiger partial charge on any atom is -0.456 e. The molecule has 1 aliphatic carbocycles. The van der Waals surface area contributed by atoms with Crippen LogP contribution in [0.15, 0.2) is 24.3 Å². The fourth-order valence-corrected chi connectivity index (χ4v) is 2.94. The molecule has 18 heavy (non-hydrogen) atoms. The molecule has 1 aliphatic heterocycles. The van der Waals surface area contributed by atoms with Crippen LogP contribution in [0.1, 0.15) is 42.9 Å². The molecule has 0 amide bonds. The summed E-state index contributed by atoms with van der Waals surface area (Å²) in [7, 11) is 0. The molecule has 0 saturated carbocycles. The molecule has 1 heterocycles. The van der Waals surface area contributed by atoms with Gasteiger partial charge in [-0.2, -0.15) is 0 Å². The number of rotatable bonds is 2. The Hall–Kier alpha value is -1.35. The molecule has 1 unspecified atom stereocenters. The molecule has 0 bridgehead atoms. The third-order valence-corrected chi connectivity index (χ3v) is 3.92. The molecule has 0 spiro atoms. The van der Waals surface area contributed by atoms with Gasteiger partial charge in [-0.1, -0.05) is 24.3 Å². The Morgan fingerprint density at radius 3 is 2.94 bits per heavy atom. The van der Waals surface area contributed by atoms with E-state index in [1.54, 1.807) is 0 Å². The summed E-state index contributed by atoms with van der Waals surface area (Å²) in [4.78, 5) is 12.0. The number of carbonyl (C=O) groups excluding carboxylic acids is 1. The molecule has 0 radical (unpaired) electrons. The van der Waals surface area contributed by atoms with E-state index in [0.29, 0.717) is 0 Å². The Morgan fingerprint density at radius 1 is 1.22 bits per heavy atom. The Balaban J connectivity index is 1.72. The highest BCUT2D eigenvalue weighted by molar-refractivity contribution is 5.76. The number of benzene rings is 1. The molecular weight excluding hydrogens is 226 g/mol. The molecule has 3 heteroatoms. The molecule has 1 aromatic carbocycles. The highest BCUT2D eigenvalue weighted by Crippen LogP contribution is 2.32. The quantitative estimate of drug-likeness (QED) is 0.813. The lowest BCUT2D eigenvalue weighted by molar-refractivity contribution is -0.152. The van der Waals surface area contributed by atoms with Crippen molar-refractivity contribution in [2.24, 2.45) is 0 Å². The Bertz CT molecular complexity index is 438. The summed E-state index contributed by atoms with van der Waals surface area (Å²) in [5.41, 5.74) is 2.54. The van der Waals surface area contributed by atoms with E-state index >= 15 is 0 Å². The zero-order chi connectivity index (χ0) is 12.4. The summed E-state index contributed by atoms with van der Waals surface area (Å²) < 4.78 is 5.70. The first-order valence-electron chi connectivity index (χ1n) is 6.86. The van der Waals surface area contributed by atoms with Gasteiger partial charge >= 0.3 is 5.97 Å². The van der Waals surface area contributed by atoms with Gasteiger partial charge in [0.15, 0.2) is 0 Å². The molecule has 2 aliphatic rings. The average molecular weight is 245 g/mol. The summed E-state index contributed by atoms with van der Waals surface area (Å²) in [5.74, 6) is -0.0748. The van der Waals surface area contributed by atoms with Gasteiger partial charge < -0.3 is 10.1 Å². The van der Waals surface area contributed by atoms with Crippen molar-refractivity contribution in [2.45, 2.75) is 44.2 Å². The first-order valence-corrected chi connectivity index (χ1v) is 6.86. The minimum absolute atomic E-state index is 0.0372. The summed E-state index contributed by atoms with van der Waals surface area (Å²) in [6.07, 6.45) is 5.10. The highest BCUT2D eigenvalue weighted by atomic mass is 16.5. The standard InChI is InChI=1S/C15H19NO2/c17-15(13-8-4-10-16-13)18-14-9-3-6-11-5-1-2-7-12(11)14/h1-2,5,7,13-14,16H,3-4,6,8-10H2/t13-,14?/m1/s1. The molecule has 96 valence electrons. The van der Waals surface area contributed by atoms with Gasteiger partial charge in [-0.15, -0.1) is 0 Å². The maximum Gasteiger partial charge on any atom is 0.323 e. The van der Waals surface area contributed by atoms with Gasteiger partial charge in [0.1, 0.15) is 12.1 Å². The van der Waals surface area contributed by atoms with Crippen molar-refractivity contribution in [3.8, 4) is 0 Å². The predicted molar refractivity (Wildman–Crippen MR) is 69.2 cm³/mol. The molecule has 1 N–H and O–H groups in total. The van der Waals surface area contributed by atoms with Crippen LogP contribution in [0.3, 0.4) is 0 Å². The Morgan fingerprint density at radius 2 is 2.11 bits per heavy atom. The Labute approximate surface area is 108 Å². The normalized spacial score (nSPS) is 26.7. The number of esters is 1. The van der Waals surface area contributed by atoms with Crippen molar-refractivity contribution in [1.29, 1.82) is 0 Å². The van der Waals surface area contributed by atoms with Crippen molar-refractivity contribution in [1.82, 2.24) is 5.32 Å². The van der Waals surface area contributed by atoms with E-state index in [9.17, 15) is 4.79 Å². The van der Waals surface area contributed by atoms with Crippen molar-refractivity contribution in [3.63, 3.8) is 0 Å². The van der Waals surface area contributed by atoms with E-state index in [2.05, 4.69) is 23.5 Å². The first-order chi connectivity index (χ1) is 8.84. The lowest BCUT2D eigenvalue weighted by Crippen LogP contribution is -2.33. The predicted octanol–water partition coefficient (Wildman–Crippen LogP) is 2.36. The molecule has 1 saturated heterocycles. The number of ether oxygens (including phenoxy) is 1. The number of fused-ring (bicyclic) bond motifs is 1. The second kappa shape index (κ2) is 5.11. The molecular formula is C15H19NO2. The Kier molecular flexibility index (Phi) is 3.33. The van der Waals surface area contributed by atoms with Crippen LogP contribution in [0.5, 0.6) is 0 Å². The van der Waals surface area contributed by atoms with Crippen molar-refractivity contribution >= 4 is 5.97 Å². The van der Waals surface area contributed by atoms with Gasteiger partial charge in [0.25, 0.3) is 0 Å². The maximum absolute atomic E-state index is 12.0. The van der Waals surface area contributed by atoms with Crippen LogP contribution in [0.2, 0.25) is 0 Å². The second-order valence-corrected chi connectivity index (χ2v) is 5.17. The topological polar surface area (TPSA) is 38.3 Å². The molecule has 3 nitrogen and oxygen atoms in total. The van der Waals surface area contributed by atoms with Gasteiger partial charge in [0.05, 0.1) is 0 Å². The minimum atomic E-state index is -0.0842. The number of hydrogen-bond donors (Lipinski definition) is 1. The van der Waals surface area contributed by atoms with Crippen molar-refractivity contribution in [2.75, 3.05) is 6.54 Å². The highest BCUT2D eigenvalue weighted by Gasteiger charge is 2.28. The second-order valence-electron chi connectivity index (χ2n) is 5.17. The molecule has 1 aromatic rings.